The second-order valence-corrected chi connectivity index (χ2v) is 11.7. The molecule has 6 rings (SSSR count). The first-order valence-corrected chi connectivity index (χ1v) is 16.2. The van der Waals surface area contributed by atoms with Crippen LogP contribution in [0.1, 0.15) is 72.5 Å². The number of halogens is 2. The predicted molar refractivity (Wildman–Crippen MR) is 184 cm³/mol. The van der Waals surface area contributed by atoms with Crippen molar-refractivity contribution in [3.63, 3.8) is 0 Å². The number of hydrogen-bond acceptors (Lipinski definition) is 9. The van der Waals surface area contributed by atoms with E-state index in [1.54, 1.807) is 93.6 Å². The highest BCUT2D eigenvalue weighted by Gasteiger charge is 2.35. The first-order chi connectivity index (χ1) is 24.1. The summed E-state index contributed by atoms with van der Waals surface area (Å²) in [6.07, 6.45) is 2.75. The van der Waals surface area contributed by atoms with Gasteiger partial charge in [-0.2, -0.15) is 15.3 Å². The van der Waals surface area contributed by atoms with E-state index in [9.17, 15) is 19.2 Å². The number of aromatic nitrogens is 6. The molecule has 0 saturated carbocycles. The largest absolute Gasteiger partial charge is 0.461 e. The smallest absolute Gasteiger partial charge is 0.359 e. The average molecular weight is 712 g/mol. The number of hydrogen-bond donors (Lipinski definition) is 0. The van der Waals surface area contributed by atoms with Crippen LogP contribution in [0.4, 0.5) is 0 Å². The van der Waals surface area contributed by atoms with Crippen molar-refractivity contribution in [1.29, 1.82) is 0 Å². The molecule has 0 spiro atoms. The number of esters is 2. The number of benzene rings is 3. The summed E-state index contributed by atoms with van der Waals surface area (Å²) in [6.45, 7) is 4.94. The third kappa shape index (κ3) is 6.58. The van der Waals surface area contributed by atoms with E-state index in [1.807, 2.05) is 6.07 Å². The van der Waals surface area contributed by atoms with Crippen LogP contribution in [-0.2, 0) is 9.47 Å². The molecule has 0 bridgehead atoms. The van der Waals surface area contributed by atoms with Crippen molar-refractivity contribution in [3.8, 4) is 17.1 Å². The molecule has 0 amide bonds. The average Bonchev–Trinajstić information content (AvgIpc) is 3.85. The molecule has 3 heterocycles. The van der Waals surface area contributed by atoms with Crippen molar-refractivity contribution < 1.29 is 28.7 Å². The van der Waals surface area contributed by atoms with Gasteiger partial charge in [-0.25, -0.2) is 23.6 Å². The Morgan fingerprint density at radius 3 is 1.52 bits per heavy atom. The fraction of sp³-hybridized carbons (Fsp3) is 0.139. The van der Waals surface area contributed by atoms with Crippen LogP contribution in [0, 0.1) is 6.92 Å². The van der Waals surface area contributed by atoms with Gasteiger partial charge in [0.2, 0.25) is 11.6 Å². The molecule has 3 aromatic heterocycles. The Morgan fingerprint density at radius 1 is 0.600 bits per heavy atom. The van der Waals surface area contributed by atoms with Gasteiger partial charge < -0.3 is 9.47 Å². The van der Waals surface area contributed by atoms with E-state index >= 15 is 0 Å². The molecule has 6 aromatic rings. The molecule has 50 heavy (non-hydrogen) atoms. The van der Waals surface area contributed by atoms with Gasteiger partial charge in [0.15, 0.2) is 11.4 Å². The molecule has 12 nitrogen and oxygen atoms in total. The van der Waals surface area contributed by atoms with Crippen LogP contribution < -0.4 is 0 Å². The highest BCUT2D eigenvalue weighted by molar-refractivity contribution is 6.31. The number of carbonyl (C=O) groups is 4. The van der Waals surface area contributed by atoms with Crippen molar-refractivity contribution >= 4 is 46.7 Å². The summed E-state index contributed by atoms with van der Waals surface area (Å²) < 4.78 is 14.6. The lowest BCUT2D eigenvalue weighted by Gasteiger charge is -2.05. The fourth-order valence-corrected chi connectivity index (χ4v) is 5.50. The number of rotatable bonds is 11. The molecule has 0 aliphatic rings. The van der Waals surface area contributed by atoms with Crippen LogP contribution in [-0.4, -0.2) is 66.1 Å². The zero-order chi connectivity index (χ0) is 35.5. The number of ether oxygens (including phenoxy) is 2. The highest BCUT2D eigenvalue weighted by atomic mass is 35.5. The first-order valence-electron chi connectivity index (χ1n) is 15.4. The first kappa shape index (κ1) is 34.0. The molecule has 0 aliphatic carbocycles. The SMILES string of the molecule is CCOC(=O)c1nn(-c2ccc(Cl)cc2)cc1C(=O)c1nn(-c2ccccc2)c(C)c1C(=O)c1cn(-c2ccc(Cl)cc2)nc1C(=O)OCC. The molecule has 0 fully saturated rings. The van der Waals surface area contributed by atoms with Gasteiger partial charge >= 0.3 is 11.9 Å². The lowest BCUT2D eigenvalue weighted by atomic mass is 9.97. The van der Waals surface area contributed by atoms with Gasteiger partial charge in [-0.15, -0.1) is 0 Å². The van der Waals surface area contributed by atoms with E-state index in [0.717, 1.165) is 0 Å². The molecule has 14 heteroatoms. The van der Waals surface area contributed by atoms with E-state index in [1.165, 1.54) is 26.4 Å². The lowest BCUT2D eigenvalue weighted by molar-refractivity contribution is 0.0507. The Kier molecular flexibility index (Phi) is 9.75. The summed E-state index contributed by atoms with van der Waals surface area (Å²) >= 11 is 12.2. The van der Waals surface area contributed by atoms with Crippen molar-refractivity contribution in [1.82, 2.24) is 29.3 Å². The molecular formula is C36H28Cl2N6O6. The van der Waals surface area contributed by atoms with Crippen molar-refractivity contribution in [2.45, 2.75) is 20.8 Å². The third-order valence-corrected chi connectivity index (χ3v) is 8.10. The molecule has 0 aliphatic heterocycles. The second kappa shape index (κ2) is 14.3. The normalized spacial score (nSPS) is 11.0. The molecule has 252 valence electrons. The highest BCUT2D eigenvalue weighted by Crippen LogP contribution is 2.28. The maximum atomic E-state index is 14.7. The molecule has 0 atom stereocenters. The van der Waals surface area contributed by atoms with Crippen LogP contribution in [0.5, 0.6) is 0 Å². The van der Waals surface area contributed by atoms with E-state index < -0.39 is 23.5 Å². The zero-order valence-corrected chi connectivity index (χ0v) is 28.5. The minimum atomic E-state index is -0.843. The minimum absolute atomic E-state index is 0.0278. The maximum Gasteiger partial charge on any atom is 0.359 e. The van der Waals surface area contributed by atoms with E-state index in [4.69, 9.17) is 32.7 Å². The van der Waals surface area contributed by atoms with E-state index in [-0.39, 0.29) is 47.0 Å². The summed E-state index contributed by atoms with van der Waals surface area (Å²) in [5.74, 6) is -3.18. The van der Waals surface area contributed by atoms with Gasteiger partial charge in [0.25, 0.3) is 0 Å². The van der Waals surface area contributed by atoms with Crippen LogP contribution in [0.15, 0.2) is 91.3 Å². The quantitative estimate of drug-likeness (QED) is 0.106. The lowest BCUT2D eigenvalue weighted by Crippen LogP contribution is -2.16. The number of para-hydroxylation sites is 1. The van der Waals surface area contributed by atoms with Gasteiger partial charge in [-0.3, -0.25) is 9.59 Å². The van der Waals surface area contributed by atoms with Crippen molar-refractivity contribution in [3.05, 3.63) is 141 Å². The van der Waals surface area contributed by atoms with Crippen molar-refractivity contribution in [2.24, 2.45) is 0 Å². The predicted octanol–water partition coefficient (Wildman–Crippen LogP) is 6.67. The van der Waals surface area contributed by atoms with Gasteiger partial charge in [-0.05, 0) is 81.4 Å². The second-order valence-electron chi connectivity index (χ2n) is 10.8. The topological polar surface area (TPSA) is 140 Å². The number of carbonyl (C=O) groups excluding carboxylic acids is 4. The monoisotopic (exact) mass is 710 g/mol. The van der Waals surface area contributed by atoms with Gasteiger partial charge in [0.05, 0.1) is 52.7 Å². The Balaban J connectivity index is 1.55. The minimum Gasteiger partial charge on any atom is -0.461 e. The summed E-state index contributed by atoms with van der Waals surface area (Å²) in [5.41, 5.74) is 0.638. The Morgan fingerprint density at radius 2 is 1.06 bits per heavy atom. The number of nitrogens with zero attached hydrogens (tertiary/aromatic N) is 6. The molecule has 3 aromatic carbocycles. The maximum absolute atomic E-state index is 14.7. The fourth-order valence-electron chi connectivity index (χ4n) is 5.25. The summed E-state index contributed by atoms with van der Waals surface area (Å²) in [5, 5.41) is 14.3. The van der Waals surface area contributed by atoms with Gasteiger partial charge in [0, 0.05) is 22.4 Å². The summed E-state index contributed by atoms with van der Waals surface area (Å²) in [7, 11) is 0. The van der Waals surface area contributed by atoms with Crippen molar-refractivity contribution in [2.75, 3.05) is 13.2 Å². The van der Waals surface area contributed by atoms with Gasteiger partial charge in [0.1, 0.15) is 5.69 Å². The van der Waals surface area contributed by atoms with Crippen LogP contribution >= 0.6 is 23.2 Å². The Bertz CT molecular complexity index is 2240. The van der Waals surface area contributed by atoms with Crippen LogP contribution in [0.25, 0.3) is 17.1 Å². The van der Waals surface area contributed by atoms with Gasteiger partial charge in [-0.1, -0.05) is 41.4 Å². The van der Waals surface area contributed by atoms with Crippen LogP contribution in [0.3, 0.4) is 0 Å². The van der Waals surface area contributed by atoms with Crippen LogP contribution in [0.2, 0.25) is 10.0 Å². The molecule has 0 unspecified atom stereocenters. The molecule has 0 saturated heterocycles. The molecular weight excluding hydrogens is 683 g/mol. The van der Waals surface area contributed by atoms with E-state index in [0.29, 0.717) is 32.8 Å². The molecule has 0 radical (unpaired) electrons. The summed E-state index contributed by atoms with van der Waals surface area (Å²) in [6, 6.07) is 22.1. The summed E-state index contributed by atoms with van der Waals surface area (Å²) in [4.78, 5) is 55.5. The Labute approximate surface area is 295 Å². The van der Waals surface area contributed by atoms with E-state index in [2.05, 4.69) is 15.3 Å². The Hall–Kier alpha value is -5.85. The standard InChI is InChI=1S/C36H28Cl2N6O6/c1-4-49-35(47)30-27(19-42(39-30)24-15-11-22(37)12-16-24)33(45)29-21(3)44(26-9-7-6-8-10-26)41-32(29)34(46)28-20-43(25-17-13-23(38)14-18-25)40-31(28)36(48)50-5-2/h6-20H,4-5H2,1-3H3. The third-order valence-electron chi connectivity index (χ3n) is 7.60. The zero-order valence-electron chi connectivity index (χ0n) is 27.0. The number of ketones is 2. The molecule has 0 N–H and O–H groups in total.